The summed E-state index contributed by atoms with van der Waals surface area (Å²) in [5.74, 6) is 0.523. The van der Waals surface area contributed by atoms with Crippen molar-refractivity contribution in [2.24, 2.45) is 0 Å². The molecule has 1 heterocycles. The fourth-order valence-corrected chi connectivity index (χ4v) is 2.14. The van der Waals surface area contributed by atoms with Crippen LogP contribution in [0.5, 0.6) is 5.75 Å². The lowest BCUT2D eigenvalue weighted by atomic mass is 10.2. The summed E-state index contributed by atoms with van der Waals surface area (Å²) in [6.07, 6.45) is 0. The Labute approximate surface area is 125 Å². The van der Waals surface area contributed by atoms with Crippen LogP contribution in [0.15, 0.2) is 42.5 Å². The van der Waals surface area contributed by atoms with Gasteiger partial charge in [-0.05, 0) is 18.2 Å². The van der Waals surface area contributed by atoms with Crippen molar-refractivity contribution in [3.05, 3.63) is 52.6 Å². The highest BCUT2D eigenvalue weighted by molar-refractivity contribution is 5.74. The molecule has 0 fully saturated rings. The minimum absolute atomic E-state index is 0.00764. The second-order valence-corrected chi connectivity index (χ2v) is 4.55. The van der Waals surface area contributed by atoms with Crippen LogP contribution < -0.4 is 10.1 Å². The highest BCUT2D eigenvalue weighted by Crippen LogP contribution is 2.29. The summed E-state index contributed by atoms with van der Waals surface area (Å²) in [4.78, 5) is 10.4. The highest BCUT2D eigenvalue weighted by atomic mass is 16.6. The number of fused-ring (bicyclic) bond motifs is 1. The zero-order valence-electron chi connectivity index (χ0n) is 11.8. The summed E-state index contributed by atoms with van der Waals surface area (Å²) in [6, 6.07) is 11.9. The Kier molecular flexibility index (Phi) is 3.57. The average molecular weight is 299 g/mol. The lowest BCUT2D eigenvalue weighted by Gasteiger charge is -2.11. The molecule has 0 saturated carbocycles. The van der Waals surface area contributed by atoms with Crippen LogP contribution in [-0.2, 0) is 6.67 Å². The molecule has 3 rings (SSSR count). The van der Waals surface area contributed by atoms with E-state index >= 15 is 0 Å². The Morgan fingerprint density at radius 1 is 1.32 bits per heavy atom. The number of para-hydroxylation sites is 1. The molecular formula is C14H13N5O3. The Morgan fingerprint density at radius 3 is 2.91 bits per heavy atom. The Hall–Kier alpha value is -3.16. The Balaban J connectivity index is 1.86. The molecule has 0 aliphatic carbocycles. The van der Waals surface area contributed by atoms with Gasteiger partial charge in [0, 0.05) is 12.1 Å². The molecule has 0 aliphatic rings. The second kappa shape index (κ2) is 5.68. The maximum atomic E-state index is 10.9. The van der Waals surface area contributed by atoms with Crippen LogP contribution in [0.25, 0.3) is 11.0 Å². The minimum Gasteiger partial charge on any atom is -0.495 e. The number of nitro groups is 1. The lowest BCUT2D eigenvalue weighted by Crippen LogP contribution is -2.10. The maximum absolute atomic E-state index is 10.9. The summed E-state index contributed by atoms with van der Waals surface area (Å²) < 4.78 is 6.88. The molecule has 0 unspecified atom stereocenters. The van der Waals surface area contributed by atoms with Gasteiger partial charge in [0.1, 0.15) is 17.9 Å². The zero-order valence-corrected chi connectivity index (χ0v) is 11.8. The van der Waals surface area contributed by atoms with Gasteiger partial charge in [0.2, 0.25) is 0 Å². The molecule has 0 aliphatic heterocycles. The normalized spacial score (nSPS) is 10.6. The fourth-order valence-electron chi connectivity index (χ4n) is 2.14. The first-order valence-corrected chi connectivity index (χ1v) is 6.53. The SMILES string of the molecule is COc1ccc([N+](=O)[O-])cc1NCn1nnc2ccccc21. The summed E-state index contributed by atoms with van der Waals surface area (Å²) >= 11 is 0. The van der Waals surface area contributed by atoms with E-state index in [9.17, 15) is 10.1 Å². The number of methoxy groups -OCH3 is 1. The van der Waals surface area contributed by atoms with E-state index in [1.165, 1.54) is 19.2 Å². The van der Waals surface area contributed by atoms with Crippen LogP contribution in [0.4, 0.5) is 11.4 Å². The molecule has 22 heavy (non-hydrogen) atoms. The number of aromatic nitrogens is 3. The number of benzene rings is 2. The first-order valence-electron chi connectivity index (χ1n) is 6.53. The van der Waals surface area contributed by atoms with E-state index in [0.717, 1.165) is 11.0 Å². The number of nitrogens with zero attached hydrogens (tertiary/aromatic N) is 4. The van der Waals surface area contributed by atoms with Gasteiger partial charge in [0.05, 0.1) is 23.2 Å². The topological polar surface area (TPSA) is 95.1 Å². The van der Waals surface area contributed by atoms with E-state index in [0.29, 0.717) is 18.1 Å². The molecule has 1 aromatic heterocycles. The molecule has 0 spiro atoms. The Bertz CT molecular complexity index is 830. The molecule has 0 amide bonds. The molecule has 1 N–H and O–H groups in total. The molecule has 0 bridgehead atoms. The molecule has 0 radical (unpaired) electrons. The largest absolute Gasteiger partial charge is 0.495 e. The number of hydrogen-bond donors (Lipinski definition) is 1. The number of hydrogen-bond acceptors (Lipinski definition) is 6. The highest BCUT2D eigenvalue weighted by Gasteiger charge is 2.11. The minimum atomic E-state index is -0.449. The van der Waals surface area contributed by atoms with Gasteiger partial charge < -0.3 is 10.1 Å². The molecule has 8 nitrogen and oxygen atoms in total. The first-order chi connectivity index (χ1) is 10.7. The van der Waals surface area contributed by atoms with Crippen molar-refractivity contribution in [1.82, 2.24) is 15.0 Å². The number of nitrogens with one attached hydrogen (secondary N) is 1. The third kappa shape index (κ3) is 2.53. The predicted molar refractivity (Wildman–Crippen MR) is 80.8 cm³/mol. The molecule has 0 atom stereocenters. The van der Waals surface area contributed by atoms with Gasteiger partial charge >= 0.3 is 0 Å². The van der Waals surface area contributed by atoms with Gasteiger partial charge in [0.25, 0.3) is 5.69 Å². The fraction of sp³-hybridized carbons (Fsp3) is 0.143. The van der Waals surface area contributed by atoms with Crippen molar-refractivity contribution in [2.45, 2.75) is 6.67 Å². The van der Waals surface area contributed by atoms with Gasteiger partial charge in [-0.25, -0.2) is 4.68 Å². The number of rotatable bonds is 5. The van der Waals surface area contributed by atoms with Gasteiger partial charge in [-0.3, -0.25) is 10.1 Å². The van der Waals surface area contributed by atoms with Crippen molar-refractivity contribution in [3.63, 3.8) is 0 Å². The van der Waals surface area contributed by atoms with Crippen molar-refractivity contribution in [1.29, 1.82) is 0 Å². The summed E-state index contributed by atoms with van der Waals surface area (Å²) in [5, 5.41) is 22.1. The van der Waals surface area contributed by atoms with Crippen LogP contribution in [-0.4, -0.2) is 27.0 Å². The molecule has 2 aromatic carbocycles. The predicted octanol–water partition coefficient (Wildman–Crippen LogP) is 2.42. The molecule has 8 heteroatoms. The number of non-ortho nitro benzene ring substituents is 1. The molecule has 112 valence electrons. The van der Waals surface area contributed by atoms with Crippen LogP contribution in [0.2, 0.25) is 0 Å². The molecule has 3 aromatic rings. The van der Waals surface area contributed by atoms with Crippen LogP contribution in [0, 0.1) is 10.1 Å². The van der Waals surface area contributed by atoms with Crippen molar-refractivity contribution in [2.75, 3.05) is 12.4 Å². The van der Waals surface area contributed by atoms with Crippen molar-refractivity contribution < 1.29 is 9.66 Å². The average Bonchev–Trinajstić information content (AvgIpc) is 2.95. The van der Waals surface area contributed by atoms with Crippen LogP contribution in [0.1, 0.15) is 0 Å². The van der Waals surface area contributed by atoms with E-state index in [4.69, 9.17) is 4.74 Å². The second-order valence-electron chi connectivity index (χ2n) is 4.55. The third-order valence-electron chi connectivity index (χ3n) is 3.23. The van der Waals surface area contributed by atoms with E-state index in [-0.39, 0.29) is 5.69 Å². The van der Waals surface area contributed by atoms with E-state index in [1.54, 1.807) is 10.7 Å². The van der Waals surface area contributed by atoms with Gasteiger partial charge in [0.15, 0.2) is 0 Å². The molecule has 0 saturated heterocycles. The number of ether oxygens (including phenoxy) is 1. The quantitative estimate of drug-likeness (QED) is 0.574. The van der Waals surface area contributed by atoms with Crippen LogP contribution >= 0.6 is 0 Å². The van der Waals surface area contributed by atoms with Crippen LogP contribution in [0.3, 0.4) is 0 Å². The van der Waals surface area contributed by atoms with Crippen molar-refractivity contribution >= 4 is 22.4 Å². The van der Waals surface area contributed by atoms with Gasteiger partial charge in [-0.15, -0.1) is 5.10 Å². The first kappa shape index (κ1) is 13.8. The standard InChI is InChI=1S/C14H13N5O3/c1-22-14-7-6-10(19(20)21)8-12(14)15-9-18-13-5-3-2-4-11(13)16-17-18/h2-8,15H,9H2,1H3. The lowest BCUT2D eigenvalue weighted by molar-refractivity contribution is -0.384. The summed E-state index contributed by atoms with van der Waals surface area (Å²) in [7, 11) is 1.51. The van der Waals surface area contributed by atoms with Gasteiger partial charge in [-0.2, -0.15) is 0 Å². The van der Waals surface area contributed by atoms with E-state index in [1.807, 2.05) is 24.3 Å². The summed E-state index contributed by atoms with van der Waals surface area (Å²) in [5.41, 5.74) is 2.18. The van der Waals surface area contributed by atoms with Gasteiger partial charge in [-0.1, -0.05) is 17.3 Å². The number of nitro benzene ring substituents is 1. The maximum Gasteiger partial charge on any atom is 0.271 e. The number of anilines is 1. The van der Waals surface area contributed by atoms with E-state index < -0.39 is 4.92 Å². The monoisotopic (exact) mass is 299 g/mol. The van der Waals surface area contributed by atoms with Crippen molar-refractivity contribution in [3.8, 4) is 5.75 Å². The zero-order chi connectivity index (χ0) is 15.5. The Morgan fingerprint density at radius 2 is 2.14 bits per heavy atom. The van der Waals surface area contributed by atoms with E-state index in [2.05, 4.69) is 15.6 Å². The third-order valence-corrected chi connectivity index (χ3v) is 3.23. The smallest absolute Gasteiger partial charge is 0.271 e. The molecular weight excluding hydrogens is 286 g/mol. The summed E-state index contributed by atoms with van der Waals surface area (Å²) in [6.45, 7) is 0.318.